The van der Waals surface area contributed by atoms with Crippen LogP contribution in [0.1, 0.15) is 18.1 Å². The summed E-state index contributed by atoms with van der Waals surface area (Å²) in [5.41, 5.74) is 2.41. The summed E-state index contributed by atoms with van der Waals surface area (Å²) in [6, 6.07) is 26.1. The van der Waals surface area contributed by atoms with Gasteiger partial charge in [0.25, 0.3) is 0 Å². The lowest BCUT2D eigenvalue weighted by Crippen LogP contribution is -2.06. The molecule has 3 rings (SSSR count). The monoisotopic (exact) mass is 335 g/mol. The van der Waals surface area contributed by atoms with Crippen molar-refractivity contribution < 1.29 is 4.74 Å². The zero-order valence-corrected chi connectivity index (χ0v) is 15.3. The highest BCUT2D eigenvalue weighted by atomic mass is 32.2. The lowest BCUT2D eigenvalue weighted by atomic mass is 10.1. The van der Waals surface area contributed by atoms with Crippen LogP contribution in [0.2, 0.25) is 0 Å². The van der Waals surface area contributed by atoms with Gasteiger partial charge >= 0.3 is 0 Å². The molecule has 3 aromatic carbocycles. The van der Waals surface area contributed by atoms with Crippen LogP contribution < -0.4 is 4.74 Å². The minimum atomic E-state index is -0.103. The molecule has 1 nitrogen and oxygen atoms in total. The van der Waals surface area contributed by atoms with Crippen molar-refractivity contribution >= 4 is 10.9 Å². The van der Waals surface area contributed by atoms with E-state index in [1.807, 2.05) is 6.92 Å². The highest BCUT2D eigenvalue weighted by Crippen LogP contribution is 2.35. The summed E-state index contributed by atoms with van der Waals surface area (Å²) in [4.78, 5) is 4.02. The third-order valence-corrected chi connectivity index (χ3v) is 6.11. The smallest absolute Gasteiger partial charge is 0.167 e. The Hall–Kier alpha value is -2.19. The van der Waals surface area contributed by atoms with Crippen molar-refractivity contribution in [3.05, 3.63) is 83.9 Å². The third kappa shape index (κ3) is 3.49. The highest BCUT2D eigenvalue weighted by molar-refractivity contribution is 7.97. The zero-order valence-electron chi connectivity index (χ0n) is 14.5. The average molecular weight is 335 g/mol. The number of benzene rings is 3. The number of hydrogen-bond donors (Lipinski definition) is 0. The van der Waals surface area contributed by atoms with Crippen LogP contribution in [0.3, 0.4) is 0 Å². The van der Waals surface area contributed by atoms with E-state index in [0.29, 0.717) is 6.61 Å². The first-order valence-electron chi connectivity index (χ1n) is 8.29. The van der Waals surface area contributed by atoms with Crippen LogP contribution in [0.4, 0.5) is 0 Å². The SMILES string of the molecule is CCOc1c(C)cc([S+](c2ccccc2)c2ccccc2)cc1C. The van der Waals surface area contributed by atoms with E-state index in [0.717, 1.165) is 5.75 Å². The topological polar surface area (TPSA) is 9.23 Å². The number of rotatable bonds is 5. The van der Waals surface area contributed by atoms with Crippen molar-refractivity contribution in [3.63, 3.8) is 0 Å². The molecule has 122 valence electrons. The Morgan fingerprint density at radius 3 is 1.58 bits per heavy atom. The van der Waals surface area contributed by atoms with Gasteiger partial charge in [-0.2, -0.15) is 0 Å². The number of ether oxygens (including phenoxy) is 1. The first-order valence-corrected chi connectivity index (χ1v) is 9.51. The second-order valence-corrected chi connectivity index (χ2v) is 7.78. The molecule has 0 radical (unpaired) electrons. The van der Waals surface area contributed by atoms with Crippen LogP contribution >= 0.6 is 0 Å². The zero-order chi connectivity index (χ0) is 16.9. The fourth-order valence-corrected chi connectivity index (χ4v) is 5.19. The molecule has 3 aromatic rings. The number of aryl methyl sites for hydroxylation is 2. The van der Waals surface area contributed by atoms with Gasteiger partial charge in [0.05, 0.1) is 17.5 Å². The molecule has 0 atom stereocenters. The molecule has 0 saturated carbocycles. The largest absolute Gasteiger partial charge is 0.493 e. The summed E-state index contributed by atoms with van der Waals surface area (Å²) >= 11 is 0. The van der Waals surface area contributed by atoms with Crippen molar-refractivity contribution in [1.29, 1.82) is 0 Å². The van der Waals surface area contributed by atoms with Crippen molar-refractivity contribution in [2.45, 2.75) is 35.5 Å². The Balaban J connectivity index is 2.13. The second-order valence-electron chi connectivity index (χ2n) is 5.75. The van der Waals surface area contributed by atoms with Crippen LogP contribution in [0.5, 0.6) is 5.75 Å². The molecule has 0 unspecified atom stereocenters. The Morgan fingerprint density at radius 2 is 1.17 bits per heavy atom. The fraction of sp³-hybridized carbons (Fsp3) is 0.182. The lowest BCUT2D eigenvalue weighted by molar-refractivity contribution is 0.335. The van der Waals surface area contributed by atoms with Crippen LogP contribution in [0.25, 0.3) is 0 Å². The molecular formula is C22H23OS+. The summed E-state index contributed by atoms with van der Waals surface area (Å²) in [5, 5.41) is 0. The Bertz CT molecular complexity index is 734. The van der Waals surface area contributed by atoms with E-state index in [4.69, 9.17) is 4.74 Å². The van der Waals surface area contributed by atoms with E-state index in [1.165, 1.54) is 25.8 Å². The van der Waals surface area contributed by atoms with E-state index < -0.39 is 0 Å². The van der Waals surface area contributed by atoms with Gasteiger partial charge in [-0.05, 0) is 56.2 Å². The standard InChI is InChI=1S/C22H23OS/c1-4-23-22-17(2)15-21(16-18(22)3)24(19-11-7-5-8-12-19)20-13-9-6-10-14-20/h5-16H,4H2,1-3H3/q+1. The second kappa shape index (κ2) is 7.59. The maximum absolute atomic E-state index is 5.82. The predicted molar refractivity (Wildman–Crippen MR) is 102 cm³/mol. The van der Waals surface area contributed by atoms with Crippen LogP contribution in [-0.2, 0) is 10.9 Å². The van der Waals surface area contributed by atoms with Gasteiger partial charge in [0.1, 0.15) is 5.75 Å². The molecule has 24 heavy (non-hydrogen) atoms. The van der Waals surface area contributed by atoms with Gasteiger partial charge in [-0.3, -0.25) is 0 Å². The van der Waals surface area contributed by atoms with E-state index in [9.17, 15) is 0 Å². The van der Waals surface area contributed by atoms with Crippen LogP contribution in [-0.4, -0.2) is 6.61 Å². The molecule has 0 aromatic heterocycles. The molecule has 0 fully saturated rings. The summed E-state index contributed by atoms with van der Waals surface area (Å²) in [6.07, 6.45) is 0. The Labute approximate surface area is 147 Å². The van der Waals surface area contributed by atoms with E-state index in [-0.39, 0.29) is 10.9 Å². The first-order chi connectivity index (χ1) is 11.7. The van der Waals surface area contributed by atoms with Gasteiger partial charge in [-0.15, -0.1) is 0 Å². The molecule has 0 aliphatic rings. The molecule has 0 heterocycles. The van der Waals surface area contributed by atoms with Gasteiger partial charge in [0.2, 0.25) is 0 Å². The van der Waals surface area contributed by atoms with E-state index in [2.05, 4.69) is 86.6 Å². The maximum atomic E-state index is 5.82. The van der Waals surface area contributed by atoms with E-state index in [1.54, 1.807) is 0 Å². The summed E-state index contributed by atoms with van der Waals surface area (Å²) in [5.74, 6) is 1.02. The molecule has 0 amide bonds. The van der Waals surface area contributed by atoms with Gasteiger partial charge < -0.3 is 4.74 Å². The van der Waals surface area contributed by atoms with Crippen molar-refractivity contribution in [1.82, 2.24) is 0 Å². The van der Waals surface area contributed by atoms with Gasteiger partial charge in [-0.25, -0.2) is 0 Å². The van der Waals surface area contributed by atoms with Crippen molar-refractivity contribution in [2.75, 3.05) is 6.61 Å². The highest BCUT2D eigenvalue weighted by Gasteiger charge is 2.29. The molecule has 2 heteroatoms. The fourth-order valence-electron chi connectivity index (χ4n) is 2.92. The molecule has 0 bridgehead atoms. The minimum absolute atomic E-state index is 0.103. The first kappa shape index (κ1) is 16.7. The van der Waals surface area contributed by atoms with Crippen molar-refractivity contribution in [2.24, 2.45) is 0 Å². The Kier molecular flexibility index (Phi) is 5.27. The van der Waals surface area contributed by atoms with Crippen molar-refractivity contribution in [3.8, 4) is 5.75 Å². The van der Waals surface area contributed by atoms with Crippen LogP contribution in [0.15, 0.2) is 87.5 Å². The molecule has 0 spiro atoms. The third-order valence-electron chi connectivity index (χ3n) is 3.92. The molecule has 0 N–H and O–H groups in total. The maximum Gasteiger partial charge on any atom is 0.167 e. The minimum Gasteiger partial charge on any atom is -0.493 e. The predicted octanol–water partition coefficient (Wildman–Crippen LogP) is 5.80. The van der Waals surface area contributed by atoms with Gasteiger partial charge in [-0.1, -0.05) is 36.4 Å². The molecule has 0 aliphatic heterocycles. The quantitative estimate of drug-likeness (QED) is 0.536. The molecule has 0 aliphatic carbocycles. The molecular weight excluding hydrogens is 312 g/mol. The number of hydrogen-bond acceptors (Lipinski definition) is 1. The normalized spacial score (nSPS) is 10.8. The van der Waals surface area contributed by atoms with Crippen LogP contribution in [0, 0.1) is 13.8 Å². The lowest BCUT2D eigenvalue weighted by Gasteiger charge is -2.13. The summed E-state index contributed by atoms with van der Waals surface area (Å²) in [7, 11) is -0.103. The summed E-state index contributed by atoms with van der Waals surface area (Å²) in [6.45, 7) is 7.01. The Morgan fingerprint density at radius 1 is 0.708 bits per heavy atom. The van der Waals surface area contributed by atoms with Gasteiger partial charge in [0.15, 0.2) is 14.7 Å². The summed E-state index contributed by atoms with van der Waals surface area (Å²) < 4.78 is 5.82. The van der Waals surface area contributed by atoms with E-state index >= 15 is 0 Å². The average Bonchev–Trinajstić information content (AvgIpc) is 2.60. The van der Waals surface area contributed by atoms with Gasteiger partial charge in [0, 0.05) is 12.1 Å². The molecule has 0 saturated heterocycles.